The largest absolute Gasteiger partial charge is 0.508 e. The summed E-state index contributed by atoms with van der Waals surface area (Å²) < 4.78 is 0. The Balaban J connectivity index is 2.47. The Bertz CT molecular complexity index is 855. The van der Waals surface area contributed by atoms with E-state index in [1.54, 1.807) is 12.1 Å². The van der Waals surface area contributed by atoms with Gasteiger partial charge in [0, 0.05) is 17.2 Å². The molecule has 0 radical (unpaired) electrons. The molecular weight excluding hydrogens is 352 g/mol. The van der Waals surface area contributed by atoms with Crippen molar-refractivity contribution < 1.29 is 20.4 Å². The Morgan fingerprint density at radius 3 is 1.64 bits per heavy atom. The van der Waals surface area contributed by atoms with Gasteiger partial charge in [-0.15, -0.1) is 0 Å². The number of benzene rings is 2. The summed E-state index contributed by atoms with van der Waals surface area (Å²) in [5, 5.41) is 40.2. The summed E-state index contributed by atoms with van der Waals surface area (Å²) >= 11 is 0. The van der Waals surface area contributed by atoms with E-state index in [1.165, 1.54) is 12.1 Å². The van der Waals surface area contributed by atoms with Crippen LogP contribution in [0.4, 0.5) is 0 Å². The fourth-order valence-electron chi connectivity index (χ4n) is 3.16. The molecular formula is C24H30O4. The smallest absolute Gasteiger partial charge is 0.157 e. The summed E-state index contributed by atoms with van der Waals surface area (Å²) in [4.78, 5) is 0. The molecule has 0 amide bonds. The molecule has 4 nitrogen and oxygen atoms in total. The standard InChI is InChI=1S/C24H30O4/c1-15(2)5-9-19-18(11-7-17-8-12-21(25)24(28)13-17)20(10-6-16(3)4)23(27)14-22(19)26/h5-6,8,12-14,25-28H,7,9-11H2,1-4H3. The zero-order chi connectivity index (χ0) is 20.8. The highest BCUT2D eigenvalue weighted by atomic mass is 16.3. The fourth-order valence-corrected chi connectivity index (χ4v) is 3.16. The average Bonchev–Trinajstić information content (AvgIpc) is 2.60. The molecule has 2 rings (SSSR count). The average molecular weight is 383 g/mol. The lowest BCUT2D eigenvalue weighted by Crippen LogP contribution is -2.04. The molecule has 0 spiro atoms. The van der Waals surface area contributed by atoms with Crippen LogP contribution in [-0.4, -0.2) is 20.4 Å². The number of hydrogen-bond donors (Lipinski definition) is 4. The van der Waals surface area contributed by atoms with E-state index in [9.17, 15) is 20.4 Å². The number of rotatable bonds is 7. The van der Waals surface area contributed by atoms with Crippen molar-refractivity contribution in [3.8, 4) is 23.0 Å². The van der Waals surface area contributed by atoms with Gasteiger partial charge in [0.2, 0.25) is 0 Å². The van der Waals surface area contributed by atoms with E-state index < -0.39 is 0 Å². The molecule has 0 heterocycles. The number of hydrogen-bond acceptors (Lipinski definition) is 4. The summed E-state index contributed by atoms with van der Waals surface area (Å²) in [6, 6.07) is 6.21. The van der Waals surface area contributed by atoms with Crippen molar-refractivity contribution >= 4 is 0 Å². The van der Waals surface area contributed by atoms with Gasteiger partial charge in [-0.1, -0.05) is 29.4 Å². The van der Waals surface area contributed by atoms with E-state index in [-0.39, 0.29) is 23.0 Å². The molecule has 4 heteroatoms. The molecule has 4 N–H and O–H groups in total. The topological polar surface area (TPSA) is 80.9 Å². The minimum Gasteiger partial charge on any atom is -0.508 e. The summed E-state index contributed by atoms with van der Waals surface area (Å²) in [5.41, 5.74) is 5.76. The van der Waals surface area contributed by atoms with Crippen LogP contribution in [0.1, 0.15) is 49.9 Å². The van der Waals surface area contributed by atoms with E-state index in [0.717, 1.165) is 33.4 Å². The predicted molar refractivity (Wildman–Crippen MR) is 113 cm³/mol. The molecule has 2 aromatic carbocycles. The van der Waals surface area contributed by atoms with Gasteiger partial charge >= 0.3 is 0 Å². The quantitative estimate of drug-likeness (QED) is 0.386. The second kappa shape index (κ2) is 9.36. The SMILES string of the molecule is CC(C)=CCc1c(O)cc(O)c(CC=C(C)C)c1CCc1ccc(O)c(O)c1. The van der Waals surface area contributed by atoms with Crippen molar-refractivity contribution in [1.82, 2.24) is 0 Å². The molecule has 0 saturated heterocycles. The number of phenols is 4. The third-order valence-corrected chi connectivity index (χ3v) is 4.75. The molecule has 0 aliphatic carbocycles. The second-order valence-corrected chi connectivity index (χ2v) is 7.64. The predicted octanol–water partition coefficient (Wildman–Crippen LogP) is 5.31. The minimum absolute atomic E-state index is 0.0968. The van der Waals surface area contributed by atoms with Crippen LogP contribution in [0.5, 0.6) is 23.0 Å². The third-order valence-electron chi connectivity index (χ3n) is 4.75. The van der Waals surface area contributed by atoms with Gasteiger partial charge in [-0.3, -0.25) is 0 Å². The molecule has 0 aliphatic heterocycles. The first kappa shape index (κ1) is 21.4. The normalized spacial score (nSPS) is 10.6. The van der Waals surface area contributed by atoms with Crippen molar-refractivity contribution in [2.24, 2.45) is 0 Å². The van der Waals surface area contributed by atoms with Gasteiger partial charge in [-0.05, 0) is 76.6 Å². The van der Waals surface area contributed by atoms with Crippen LogP contribution in [0.25, 0.3) is 0 Å². The lowest BCUT2D eigenvalue weighted by atomic mass is 9.89. The van der Waals surface area contributed by atoms with Crippen LogP contribution in [-0.2, 0) is 25.7 Å². The van der Waals surface area contributed by atoms with Crippen molar-refractivity contribution in [1.29, 1.82) is 0 Å². The van der Waals surface area contributed by atoms with E-state index in [2.05, 4.69) is 12.2 Å². The first-order chi connectivity index (χ1) is 13.2. The zero-order valence-electron chi connectivity index (χ0n) is 17.1. The van der Waals surface area contributed by atoms with Crippen LogP contribution in [0.3, 0.4) is 0 Å². The van der Waals surface area contributed by atoms with Crippen molar-refractivity contribution in [2.45, 2.75) is 53.4 Å². The zero-order valence-corrected chi connectivity index (χ0v) is 17.1. The molecule has 0 fully saturated rings. The van der Waals surface area contributed by atoms with Crippen LogP contribution in [0.2, 0.25) is 0 Å². The first-order valence-electron chi connectivity index (χ1n) is 9.52. The molecule has 0 aromatic heterocycles. The number of aromatic hydroxyl groups is 4. The third kappa shape index (κ3) is 5.56. The van der Waals surface area contributed by atoms with Crippen molar-refractivity contribution in [3.63, 3.8) is 0 Å². The Kier molecular flexibility index (Phi) is 7.16. The summed E-state index contributed by atoms with van der Waals surface area (Å²) in [7, 11) is 0. The number of allylic oxidation sites excluding steroid dienone is 4. The Labute approximate surface area is 167 Å². The Hall–Kier alpha value is -2.88. The highest BCUT2D eigenvalue weighted by Gasteiger charge is 2.17. The van der Waals surface area contributed by atoms with E-state index >= 15 is 0 Å². The summed E-state index contributed by atoms with van der Waals surface area (Å²) in [6.45, 7) is 8.06. The number of aryl methyl sites for hydroxylation is 1. The van der Waals surface area contributed by atoms with E-state index in [4.69, 9.17) is 0 Å². The lowest BCUT2D eigenvalue weighted by Gasteiger charge is -2.17. The molecule has 28 heavy (non-hydrogen) atoms. The van der Waals surface area contributed by atoms with Crippen LogP contribution in [0, 0.1) is 0 Å². The van der Waals surface area contributed by atoms with Gasteiger partial charge in [-0.2, -0.15) is 0 Å². The van der Waals surface area contributed by atoms with Crippen molar-refractivity contribution in [2.75, 3.05) is 0 Å². The monoisotopic (exact) mass is 382 g/mol. The van der Waals surface area contributed by atoms with E-state index in [1.807, 2.05) is 27.7 Å². The molecule has 150 valence electrons. The van der Waals surface area contributed by atoms with Gasteiger partial charge in [0.1, 0.15) is 11.5 Å². The molecule has 0 atom stereocenters. The molecule has 2 aromatic rings. The van der Waals surface area contributed by atoms with Gasteiger partial charge < -0.3 is 20.4 Å². The molecule has 0 unspecified atom stereocenters. The number of phenolic OH excluding ortho intramolecular Hbond substituents is 4. The first-order valence-corrected chi connectivity index (χ1v) is 9.52. The fraction of sp³-hybridized carbons (Fsp3) is 0.333. The van der Waals surface area contributed by atoms with Gasteiger partial charge in [0.05, 0.1) is 0 Å². The Morgan fingerprint density at radius 1 is 0.643 bits per heavy atom. The molecule has 0 bridgehead atoms. The molecule has 0 saturated carbocycles. The maximum Gasteiger partial charge on any atom is 0.157 e. The van der Waals surface area contributed by atoms with Crippen LogP contribution in [0.15, 0.2) is 47.6 Å². The minimum atomic E-state index is -0.147. The van der Waals surface area contributed by atoms with Crippen LogP contribution < -0.4 is 0 Å². The molecule has 0 aliphatic rings. The van der Waals surface area contributed by atoms with Gasteiger partial charge in [0.15, 0.2) is 11.5 Å². The Morgan fingerprint density at radius 2 is 1.18 bits per heavy atom. The lowest BCUT2D eigenvalue weighted by molar-refractivity contribution is 0.403. The maximum atomic E-state index is 10.5. The van der Waals surface area contributed by atoms with E-state index in [0.29, 0.717) is 25.7 Å². The summed E-state index contributed by atoms with van der Waals surface area (Å²) in [6.07, 6.45) is 6.52. The van der Waals surface area contributed by atoms with Gasteiger partial charge in [-0.25, -0.2) is 0 Å². The van der Waals surface area contributed by atoms with Crippen molar-refractivity contribution in [3.05, 3.63) is 69.8 Å². The maximum absolute atomic E-state index is 10.5. The summed E-state index contributed by atoms with van der Waals surface area (Å²) in [5.74, 6) is -0.1000. The van der Waals surface area contributed by atoms with Gasteiger partial charge in [0.25, 0.3) is 0 Å². The van der Waals surface area contributed by atoms with Crippen LogP contribution >= 0.6 is 0 Å². The second-order valence-electron chi connectivity index (χ2n) is 7.64. The highest BCUT2D eigenvalue weighted by molar-refractivity contribution is 5.54. The highest BCUT2D eigenvalue weighted by Crippen LogP contribution is 2.35.